The second-order valence-electron chi connectivity index (χ2n) is 6.28. The van der Waals surface area contributed by atoms with Crippen molar-refractivity contribution in [2.75, 3.05) is 0 Å². The number of unbranched alkanes of at least 4 members (excludes halogenated alkanes) is 4. The Morgan fingerprint density at radius 3 is 2.64 bits per heavy atom. The van der Waals surface area contributed by atoms with E-state index in [2.05, 4.69) is 12.2 Å². The molecule has 3 atom stereocenters. The second kappa shape index (κ2) is 9.66. The quantitative estimate of drug-likeness (QED) is 0.483. The van der Waals surface area contributed by atoms with E-state index in [1.54, 1.807) is 0 Å². The lowest BCUT2D eigenvalue weighted by Gasteiger charge is -2.27. The summed E-state index contributed by atoms with van der Waals surface area (Å²) in [6.07, 6.45) is 10.6. The van der Waals surface area contributed by atoms with Crippen molar-refractivity contribution < 1.29 is 19.6 Å². The molecule has 0 amide bonds. The number of nitrogens with one attached hydrogen (secondary N) is 1. The summed E-state index contributed by atoms with van der Waals surface area (Å²) in [6, 6.07) is 0.972. The lowest BCUT2D eigenvalue weighted by atomic mass is 9.98. The van der Waals surface area contributed by atoms with E-state index in [9.17, 15) is 5.11 Å². The molecule has 0 aromatic carbocycles. The van der Waals surface area contributed by atoms with Gasteiger partial charge in [0.25, 0.3) is 0 Å². The second-order valence-corrected chi connectivity index (χ2v) is 6.28. The molecule has 2 rings (SSSR count). The Kier molecular flexibility index (Phi) is 8.24. The monoisotopic (exact) mass is 313 g/mol. The first-order valence-corrected chi connectivity index (χ1v) is 8.48. The SMILES string of the molecule is CC(=O)[O-].CCCCCCC[C@H]1C[C@H]2CCC(O)[N+]2=C(N)N1. The van der Waals surface area contributed by atoms with E-state index in [-0.39, 0.29) is 6.23 Å². The topological polar surface area (TPSA) is 101 Å². The number of hydrogen-bond acceptors (Lipinski definition) is 5. The average molecular weight is 313 g/mol. The minimum atomic E-state index is -1.08. The van der Waals surface area contributed by atoms with Gasteiger partial charge in [-0.2, -0.15) is 0 Å². The molecule has 0 aliphatic carbocycles. The Morgan fingerprint density at radius 2 is 2.00 bits per heavy atom. The van der Waals surface area contributed by atoms with Crippen molar-refractivity contribution in [3.8, 4) is 0 Å². The van der Waals surface area contributed by atoms with Crippen LogP contribution in [0.15, 0.2) is 0 Å². The van der Waals surface area contributed by atoms with Gasteiger partial charge in [0.05, 0.1) is 12.1 Å². The molecule has 1 fully saturated rings. The highest BCUT2D eigenvalue weighted by atomic mass is 16.4. The van der Waals surface area contributed by atoms with Crippen LogP contribution in [0.1, 0.15) is 71.6 Å². The summed E-state index contributed by atoms with van der Waals surface area (Å²) in [6.45, 7) is 3.22. The van der Waals surface area contributed by atoms with Crippen LogP contribution in [-0.4, -0.2) is 39.9 Å². The van der Waals surface area contributed by atoms with E-state index in [4.69, 9.17) is 15.6 Å². The Bertz CT molecular complexity index is 381. The molecule has 1 unspecified atom stereocenters. The van der Waals surface area contributed by atoms with Crippen LogP contribution in [0.2, 0.25) is 0 Å². The lowest BCUT2D eigenvalue weighted by molar-refractivity contribution is -0.623. The van der Waals surface area contributed by atoms with Gasteiger partial charge in [-0.25, -0.2) is 4.58 Å². The average Bonchev–Trinajstić information content (AvgIpc) is 2.80. The zero-order chi connectivity index (χ0) is 16.5. The number of guanidine groups is 1. The molecule has 2 aliphatic rings. The van der Waals surface area contributed by atoms with E-state index in [1.807, 2.05) is 4.58 Å². The van der Waals surface area contributed by atoms with Crippen LogP contribution in [-0.2, 0) is 4.79 Å². The van der Waals surface area contributed by atoms with Crippen molar-refractivity contribution in [3.05, 3.63) is 0 Å². The highest BCUT2D eigenvalue weighted by Crippen LogP contribution is 2.25. The number of aliphatic hydroxyl groups excluding tert-OH is 1. The van der Waals surface area contributed by atoms with E-state index in [1.165, 1.54) is 38.5 Å². The highest BCUT2D eigenvalue weighted by Gasteiger charge is 2.39. The number of rotatable bonds is 6. The zero-order valence-corrected chi connectivity index (χ0v) is 13.9. The van der Waals surface area contributed by atoms with Gasteiger partial charge in [-0.05, 0) is 19.8 Å². The van der Waals surface area contributed by atoms with Gasteiger partial charge in [0.15, 0.2) is 6.23 Å². The van der Waals surface area contributed by atoms with Crippen LogP contribution >= 0.6 is 0 Å². The number of fused-ring (bicyclic) bond motifs is 1. The third kappa shape index (κ3) is 6.22. The number of aliphatic hydroxyl groups is 1. The standard InChI is InChI=1S/C14H27N3O.C2H4O2/c1-2-3-4-5-6-7-11-10-12-8-9-13(18)17(12)14(15)16-11;1-2(3)4/h11-13,18H,2-10H2,1H3,(H2,15,16);1H3,(H,3,4)/t11-,12+,13?;/m0./s1. The summed E-state index contributed by atoms with van der Waals surface area (Å²) < 4.78 is 1.97. The zero-order valence-electron chi connectivity index (χ0n) is 13.9. The van der Waals surface area contributed by atoms with E-state index in [0.717, 1.165) is 26.2 Å². The summed E-state index contributed by atoms with van der Waals surface area (Å²) in [5.74, 6) is -0.394. The largest absolute Gasteiger partial charge is 0.550 e. The summed E-state index contributed by atoms with van der Waals surface area (Å²) in [7, 11) is 0. The first-order valence-electron chi connectivity index (χ1n) is 8.48. The summed E-state index contributed by atoms with van der Waals surface area (Å²) in [4.78, 5) is 8.89. The van der Waals surface area contributed by atoms with E-state index < -0.39 is 5.97 Å². The number of aliphatic carboxylic acids is 1. The number of carbonyl (C=O) groups is 1. The summed E-state index contributed by atoms with van der Waals surface area (Å²) in [5.41, 5.74) is 6.02. The van der Waals surface area contributed by atoms with Gasteiger partial charge in [-0.15, -0.1) is 0 Å². The maximum absolute atomic E-state index is 9.84. The van der Waals surface area contributed by atoms with Crippen LogP contribution in [0.4, 0.5) is 0 Å². The first-order chi connectivity index (χ1) is 10.5. The van der Waals surface area contributed by atoms with Gasteiger partial charge in [-0.1, -0.05) is 39.0 Å². The predicted molar refractivity (Wildman–Crippen MR) is 84.1 cm³/mol. The molecule has 0 spiro atoms. The van der Waals surface area contributed by atoms with E-state index in [0.29, 0.717) is 18.0 Å². The van der Waals surface area contributed by atoms with Gasteiger partial charge in [-0.3, -0.25) is 11.1 Å². The maximum Gasteiger partial charge on any atom is 0.346 e. The minimum Gasteiger partial charge on any atom is -0.550 e. The molecule has 22 heavy (non-hydrogen) atoms. The molecule has 2 aliphatic heterocycles. The predicted octanol–water partition coefficient (Wildman–Crippen LogP) is 0.273. The van der Waals surface area contributed by atoms with Crippen LogP contribution in [0, 0.1) is 0 Å². The fraction of sp³-hybridized carbons (Fsp3) is 0.875. The molecule has 6 nitrogen and oxygen atoms in total. The van der Waals surface area contributed by atoms with Crippen molar-refractivity contribution in [3.63, 3.8) is 0 Å². The van der Waals surface area contributed by atoms with Crippen LogP contribution < -0.4 is 16.2 Å². The lowest BCUT2D eigenvalue weighted by Crippen LogP contribution is -2.55. The fourth-order valence-corrected chi connectivity index (χ4v) is 3.31. The molecule has 6 heteroatoms. The van der Waals surface area contributed by atoms with Gasteiger partial charge in [0.1, 0.15) is 0 Å². The number of carboxylic acids is 1. The molecule has 0 aromatic heterocycles. The van der Waals surface area contributed by atoms with Crippen LogP contribution in [0.25, 0.3) is 0 Å². The molecule has 128 valence electrons. The molecule has 1 saturated heterocycles. The summed E-state index contributed by atoms with van der Waals surface area (Å²) in [5, 5.41) is 22.1. The molecule has 4 N–H and O–H groups in total. The van der Waals surface area contributed by atoms with Gasteiger partial charge >= 0.3 is 5.96 Å². The minimum absolute atomic E-state index is 0.368. The van der Waals surface area contributed by atoms with Crippen molar-refractivity contribution in [1.82, 2.24) is 5.32 Å². The number of hydrogen-bond donors (Lipinski definition) is 3. The Morgan fingerprint density at radius 1 is 1.36 bits per heavy atom. The number of carbonyl (C=O) groups excluding carboxylic acids is 1. The Labute approximate surface area is 133 Å². The molecule has 0 aromatic rings. The molecule has 0 radical (unpaired) electrons. The third-order valence-electron chi connectivity index (χ3n) is 4.32. The van der Waals surface area contributed by atoms with Crippen molar-refractivity contribution in [2.24, 2.45) is 5.73 Å². The van der Waals surface area contributed by atoms with Crippen molar-refractivity contribution in [1.29, 1.82) is 0 Å². The molecule has 0 bridgehead atoms. The number of carboxylic acid groups (broad SMARTS) is 1. The number of nitrogens with two attached hydrogens (primary N) is 1. The Balaban J connectivity index is 0.000000541. The Hall–Kier alpha value is -1.30. The summed E-state index contributed by atoms with van der Waals surface area (Å²) >= 11 is 0. The van der Waals surface area contributed by atoms with Crippen molar-refractivity contribution >= 4 is 11.9 Å². The van der Waals surface area contributed by atoms with Crippen molar-refractivity contribution in [2.45, 2.75) is 89.9 Å². The van der Waals surface area contributed by atoms with Crippen LogP contribution in [0.3, 0.4) is 0 Å². The normalized spacial score (nSPS) is 26.8. The molecular weight excluding hydrogens is 282 g/mol. The molecular formula is C16H31N3O3. The first kappa shape index (κ1) is 18.7. The van der Waals surface area contributed by atoms with Gasteiger partial charge < -0.3 is 15.0 Å². The van der Waals surface area contributed by atoms with E-state index >= 15 is 0 Å². The van der Waals surface area contributed by atoms with Gasteiger partial charge in [0, 0.05) is 18.8 Å². The maximum atomic E-state index is 9.84. The fourth-order valence-electron chi connectivity index (χ4n) is 3.31. The third-order valence-corrected chi connectivity index (χ3v) is 4.32. The number of nitrogens with zero attached hydrogens (tertiary/aromatic N) is 1. The molecule has 2 heterocycles. The highest BCUT2D eigenvalue weighted by molar-refractivity contribution is 5.73. The molecule has 0 saturated carbocycles. The van der Waals surface area contributed by atoms with Crippen LogP contribution in [0.5, 0.6) is 0 Å². The smallest absolute Gasteiger partial charge is 0.346 e. The van der Waals surface area contributed by atoms with Gasteiger partial charge in [0.2, 0.25) is 0 Å².